The number of nitrogens with one attached hydrogen (secondary N) is 1. The molecule has 1 amide bonds. The number of aromatic nitrogens is 3. The van der Waals surface area contributed by atoms with Crippen LogP contribution in [-0.4, -0.2) is 20.3 Å². The molecule has 5 nitrogen and oxygen atoms in total. The largest absolute Gasteiger partial charge is 0.341 e. The molecule has 0 saturated carbocycles. The zero-order valence-corrected chi connectivity index (χ0v) is 15.3. The van der Waals surface area contributed by atoms with Gasteiger partial charge in [0.05, 0.1) is 11.6 Å². The van der Waals surface area contributed by atoms with E-state index in [1.54, 1.807) is 30.9 Å². The monoisotopic (exact) mass is 356 g/mol. The molecule has 4 rings (SSSR count). The number of pyridine rings is 2. The van der Waals surface area contributed by atoms with Gasteiger partial charge in [0.15, 0.2) is 0 Å². The maximum absolute atomic E-state index is 13.0. The Morgan fingerprint density at radius 2 is 2.00 bits per heavy atom. The van der Waals surface area contributed by atoms with Crippen LogP contribution in [0.1, 0.15) is 38.7 Å². The number of carbonyl (C=O) groups excluding carboxylic acids is 1. The van der Waals surface area contributed by atoms with Gasteiger partial charge in [-0.05, 0) is 48.7 Å². The van der Waals surface area contributed by atoms with E-state index in [1.807, 2.05) is 28.8 Å². The van der Waals surface area contributed by atoms with Gasteiger partial charge in [0.2, 0.25) is 0 Å². The highest BCUT2D eigenvalue weighted by Crippen LogP contribution is 2.26. The van der Waals surface area contributed by atoms with Gasteiger partial charge in [0.25, 0.3) is 5.91 Å². The summed E-state index contributed by atoms with van der Waals surface area (Å²) in [5, 5.41) is 3.18. The van der Waals surface area contributed by atoms with Gasteiger partial charge >= 0.3 is 0 Å². The van der Waals surface area contributed by atoms with Crippen LogP contribution in [-0.2, 0) is 0 Å². The number of benzene rings is 1. The van der Waals surface area contributed by atoms with Crippen molar-refractivity contribution in [2.24, 2.45) is 0 Å². The van der Waals surface area contributed by atoms with E-state index < -0.39 is 0 Å². The van der Waals surface area contributed by atoms with E-state index >= 15 is 0 Å². The summed E-state index contributed by atoms with van der Waals surface area (Å²) in [6, 6.07) is 13.5. The number of aryl methyl sites for hydroxylation is 2. The van der Waals surface area contributed by atoms with Crippen molar-refractivity contribution in [1.29, 1.82) is 0 Å². The van der Waals surface area contributed by atoms with Gasteiger partial charge in [-0.25, -0.2) is 4.98 Å². The number of imidazole rings is 1. The van der Waals surface area contributed by atoms with Crippen molar-refractivity contribution in [3.05, 3.63) is 101 Å². The van der Waals surface area contributed by atoms with Gasteiger partial charge < -0.3 is 9.72 Å². The van der Waals surface area contributed by atoms with Crippen molar-refractivity contribution >= 4 is 11.6 Å². The zero-order valence-electron chi connectivity index (χ0n) is 15.3. The summed E-state index contributed by atoms with van der Waals surface area (Å²) < 4.78 is 1.84. The Morgan fingerprint density at radius 3 is 2.81 bits per heavy atom. The number of rotatable bonds is 4. The lowest BCUT2D eigenvalue weighted by atomic mass is 9.94. The smallest absolute Gasteiger partial charge is 0.253 e. The lowest BCUT2D eigenvalue weighted by Gasteiger charge is -2.22. The van der Waals surface area contributed by atoms with E-state index in [4.69, 9.17) is 0 Å². The molecule has 5 heteroatoms. The Labute approximate surface area is 157 Å². The van der Waals surface area contributed by atoms with E-state index in [1.165, 1.54) is 0 Å². The summed E-state index contributed by atoms with van der Waals surface area (Å²) in [6.07, 6.45) is 8.87. The molecule has 3 aromatic heterocycles. The molecular formula is C22H20N4O. The highest BCUT2D eigenvalue weighted by molar-refractivity contribution is 5.94. The number of nitrogens with zero attached hydrogens (tertiary/aromatic N) is 3. The molecule has 0 spiro atoms. The van der Waals surface area contributed by atoms with Crippen molar-refractivity contribution in [1.82, 2.24) is 19.7 Å². The Bertz CT molecular complexity index is 1100. The first-order chi connectivity index (χ1) is 13.1. The zero-order chi connectivity index (χ0) is 18.8. The average molecular weight is 356 g/mol. The second-order valence-electron chi connectivity index (χ2n) is 6.66. The normalized spacial score (nSPS) is 12.1. The molecule has 0 aliphatic heterocycles. The third-order valence-corrected chi connectivity index (χ3v) is 4.69. The van der Waals surface area contributed by atoms with Gasteiger partial charge in [-0.2, -0.15) is 0 Å². The van der Waals surface area contributed by atoms with Crippen LogP contribution in [0.15, 0.2) is 73.4 Å². The van der Waals surface area contributed by atoms with Crippen LogP contribution in [0.4, 0.5) is 0 Å². The first-order valence-electron chi connectivity index (χ1n) is 8.82. The molecule has 27 heavy (non-hydrogen) atoms. The number of carbonyl (C=O) groups is 1. The van der Waals surface area contributed by atoms with Crippen molar-refractivity contribution in [2.45, 2.75) is 19.9 Å². The van der Waals surface area contributed by atoms with Gasteiger partial charge in [0, 0.05) is 31.0 Å². The topological polar surface area (TPSA) is 59.3 Å². The van der Waals surface area contributed by atoms with E-state index in [9.17, 15) is 4.79 Å². The summed E-state index contributed by atoms with van der Waals surface area (Å²) in [7, 11) is 0. The highest BCUT2D eigenvalue weighted by Gasteiger charge is 2.20. The second-order valence-corrected chi connectivity index (χ2v) is 6.66. The standard InChI is InChI=1S/C22H20N4O/c1-15-5-6-16(2)19(12-15)21(17-4-3-9-23-13-17)25-22(27)18-7-8-20-24-10-11-26(20)14-18/h3-14,21H,1-2H3,(H,25,27). The fourth-order valence-electron chi connectivity index (χ4n) is 3.23. The lowest BCUT2D eigenvalue weighted by Crippen LogP contribution is -2.30. The molecule has 4 aromatic rings. The van der Waals surface area contributed by atoms with Gasteiger partial charge in [-0.15, -0.1) is 0 Å². The molecule has 1 unspecified atom stereocenters. The SMILES string of the molecule is Cc1ccc(C)c(C(NC(=O)c2ccc3nccn3c2)c2cccnc2)c1. The molecule has 0 fully saturated rings. The highest BCUT2D eigenvalue weighted by atomic mass is 16.1. The Hall–Kier alpha value is -3.47. The Kier molecular flexibility index (Phi) is 4.42. The molecule has 0 radical (unpaired) electrons. The molecule has 0 bridgehead atoms. The van der Waals surface area contributed by atoms with E-state index in [0.29, 0.717) is 5.56 Å². The van der Waals surface area contributed by atoms with E-state index in [2.05, 4.69) is 47.3 Å². The first-order valence-corrected chi connectivity index (χ1v) is 8.82. The van der Waals surface area contributed by atoms with Gasteiger partial charge in [0.1, 0.15) is 5.65 Å². The van der Waals surface area contributed by atoms with Crippen LogP contribution in [0.3, 0.4) is 0 Å². The summed E-state index contributed by atoms with van der Waals surface area (Å²) in [5.41, 5.74) is 5.69. The van der Waals surface area contributed by atoms with Gasteiger partial charge in [-0.3, -0.25) is 9.78 Å². The predicted molar refractivity (Wildman–Crippen MR) is 105 cm³/mol. The molecule has 0 saturated heterocycles. The number of amides is 1. The van der Waals surface area contributed by atoms with Crippen molar-refractivity contribution in [3.63, 3.8) is 0 Å². The number of hydrogen-bond acceptors (Lipinski definition) is 3. The van der Waals surface area contributed by atoms with Crippen LogP contribution < -0.4 is 5.32 Å². The quantitative estimate of drug-likeness (QED) is 0.604. The molecule has 1 aromatic carbocycles. The second kappa shape index (κ2) is 7.03. The first kappa shape index (κ1) is 17.0. The van der Waals surface area contributed by atoms with E-state index in [-0.39, 0.29) is 11.9 Å². The fraction of sp³-hybridized carbons (Fsp3) is 0.136. The average Bonchev–Trinajstić information content (AvgIpc) is 3.16. The van der Waals surface area contributed by atoms with Crippen LogP contribution in [0.2, 0.25) is 0 Å². The third kappa shape index (κ3) is 3.44. The summed E-state index contributed by atoms with van der Waals surface area (Å²) in [6.45, 7) is 4.11. The minimum atomic E-state index is -0.274. The molecule has 134 valence electrons. The van der Waals surface area contributed by atoms with E-state index in [0.717, 1.165) is 27.9 Å². The predicted octanol–water partition coefficient (Wildman–Crippen LogP) is 3.87. The lowest BCUT2D eigenvalue weighted by molar-refractivity contribution is 0.0942. The summed E-state index contributed by atoms with van der Waals surface area (Å²) in [5.74, 6) is -0.139. The Morgan fingerprint density at radius 1 is 1.11 bits per heavy atom. The van der Waals surface area contributed by atoms with Crippen molar-refractivity contribution in [3.8, 4) is 0 Å². The number of fused-ring (bicyclic) bond motifs is 1. The van der Waals surface area contributed by atoms with Gasteiger partial charge in [-0.1, -0.05) is 29.8 Å². The molecular weight excluding hydrogens is 336 g/mol. The molecule has 1 atom stereocenters. The third-order valence-electron chi connectivity index (χ3n) is 4.69. The molecule has 1 N–H and O–H groups in total. The number of hydrogen-bond donors (Lipinski definition) is 1. The molecule has 0 aliphatic carbocycles. The van der Waals surface area contributed by atoms with Crippen LogP contribution >= 0.6 is 0 Å². The maximum atomic E-state index is 13.0. The minimum Gasteiger partial charge on any atom is -0.341 e. The molecule has 0 aliphatic rings. The minimum absolute atomic E-state index is 0.139. The van der Waals surface area contributed by atoms with Crippen molar-refractivity contribution < 1.29 is 4.79 Å². The van der Waals surface area contributed by atoms with Crippen LogP contribution in [0, 0.1) is 13.8 Å². The maximum Gasteiger partial charge on any atom is 0.253 e. The summed E-state index contributed by atoms with van der Waals surface area (Å²) in [4.78, 5) is 21.5. The Balaban J connectivity index is 1.72. The van der Waals surface area contributed by atoms with Crippen molar-refractivity contribution in [2.75, 3.05) is 0 Å². The fourth-order valence-corrected chi connectivity index (χ4v) is 3.23. The molecule has 3 heterocycles. The summed E-state index contributed by atoms with van der Waals surface area (Å²) >= 11 is 0. The van der Waals surface area contributed by atoms with Crippen LogP contribution in [0.5, 0.6) is 0 Å². The van der Waals surface area contributed by atoms with Crippen LogP contribution in [0.25, 0.3) is 5.65 Å².